The zero-order valence-corrected chi connectivity index (χ0v) is 12.7. The lowest BCUT2D eigenvalue weighted by Crippen LogP contribution is -2.13. The van der Waals surface area contributed by atoms with E-state index in [1.807, 2.05) is 25.1 Å². The van der Waals surface area contributed by atoms with Crippen LogP contribution in [0, 0.1) is 19.8 Å². The van der Waals surface area contributed by atoms with Crippen LogP contribution in [-0.2, 0) is 11.2 Å². The molecule has 1 aromatic carbocycles. The van der Waals surface area contributed by atoms with Crippen LogP contribution in [0.2, 0.25) is 0 Å². The number of hydrogen-bond acceptors (Lipinski definition) is 3. The van der Waals surface area contributed by atoms with E-state index in [1.165, 1.54) is 5.56 Å². The van der Waals surface area contributed by atoms with E-state index in [4.69, 9.17) is 4.74 Å². The summed E-state index contributed by atoms with van der Waals surface area (Å²) in [5, 5.41) is 4.57. The van der Waals surface area contributed by atoms with Gasteiger partial charge < -0.3 is 4.74 Å². The Morgan fingerprint density at radius 1 is 1.38 bits per heavy atom. The van der Waals surface area contributed by atoms with Crippen LogP contribution in [0.3, 0.4) is 0 Å². The molecule has 0 amide bonds. The summed E-state index contributed by atoms with van der Waals surface area (Å²) < 4.78 is 7.31. The molecule has 0 unspecified atom stereocenters. The van der Waals surface area contributed by atoms with Gasteiger partial charge in [-0.05, 0) is 50.3 Å². The maximum atomic E-state index is 11.9. The molecule has 1 aromatic heterocycles. The van der Waals surface area contributed by atoms with Gasteiger partial charge in [0.1, 0.15) is 0 Å². The lowest BCUT2D eigenvalue weighted by molar-refractivity contribution is -0.136. The highest BCUT2D eigenvalue weighted by molar-refractivity contribution is 5.77. The Bertz CT molecular complexity index is 684. The standard InChI is InChI=1S/C17H20N2O2/c1-4-14-10-16(21-17(20)13-8-9-13)19(18-14)15-7-5-6-11(2)12(15)3/h5-7,10,13H,4,8-9H2,1-3H3. The van der Waals surface area contributed by atoms with E-state index in [0.717, 1.165) is 36.2 Å². The molecule has 0 spiro atoms. The molecular formula is C17H20N2O2. The Balaban J connectivity index is 2.01. The molecule has 3 rings (SSSR count). The van der Waals surface area contributed by atoms with Crippen molar-refractivity contribution in [1.29, 1.82) is 0 Å². The maximum absolute atomic E-state index is 11.9. The number of esters is 1. The van der Waals surface area contributed by atoms with Crippen molar-refractivity contribution in [2.45, 2.75) is 40.0 Å². The number of ether oxygens (including phenoxy) is 1. The normalized spacial score (nSPS) is 14.2. The molecular weight excluding hydrogens is 264 g/mol. The fraction of sp³-hybridized carbons (Fsp3) is 0.412. The van der Waals surface area contributed by atoms with Gasteiger partial charge in [-0.1, -0.05) is 19.1 Å². The van der Waals surface area contributed by atoms with Crippen LogP contribution in [-0.4, -0.2) is 15.7 Å². The van der Waals surface area contributed by atoms with Crippen LogP contribution in [0.5, 0.6) is 5.88 Å². The second-order valence-electron chi connectivity index (χ2n) is 5.65. The lowest BCUT2D eigenvalue weighted by atomic mass is 10.1. The summed E-state index contributed by atoms with van der Waals surface area (Å²) in [7, 11) is 0. The number of aromatic nitrogens is 2. The molecule has 1 fully saturated rings. The Kier molecular flexibility index (Phi) is 3.53. The van der Waals surface area contributed by atoms with Crippen LogP contribution in [0.25, 0.3) is 5.69 Å². The fourth-order valence-electron chi connectivity index (χ4n) is 2.30. The van der Waals surface area contributed by atoms with E-state index in [2.05, 4.69) is 25.0 Å². The Morgan fingerprint density at radius 2 is 2.14 bits per heavy atom. The van der Waals surface area contributed by atoms with Gasteiger partial charge in [-0.2, -0.15) is 5.10 Å². The number of benzene rings is 1. The van der Waals surface area contributed by atoms with Gasteiger partial charge >= 0.3 is 5.97 Å². The third-order valence-corrected chi connectivity index (χ3v) is 4.01. The average Bonchev–Trinajstić information content (AvgIpc) is 3.24. The Labute approximate surface area is 124 Å². The molecule has 1 aliphatic rings. The molecule has 1 aliphatic carbocycles. The third-order valence-electron chi connectivity index (χ3n) is 4.01. The lowest BCUT2D eigenvalue weighted by Gasteiger charge is -2.11. The second kappa shape index (κ2) is 5.35. The average molecular weight is 284 g/mol. The Morgan fingerprint density at radius 3 is 2.81 bits per heavy atom. The number of aryl methyl sites for hydroxylation is 2. The van der Waals surface area contributed by atoms with Crippen LogP contribution in [0.15, 0.2) is 24.3 Å². The van der Waals surface area contributed by atoms with Crippen molar-refractivity contribution in [3.05, 3.63) is 41.1 Å². The summed E-state index contributed by atoms with van der Waals surface area (Å²) in [6, 6.07) is 7.93. The molecule has 0 saturated heterocycles. The molecule has 4 heteroatoms. The van der Waals surface area contributed by atoms with Gasteiger partial charge in [-0.15, -0.1) is 0 Å². The van der Waals surface area contributed by atoms with Crippen LogP contribution in [0.1, 0.15) is 36.6 Å². The number of hydrogen-bond donors (Lipinski definition) is 0. The zero-order valence-electron chi connectivity index (χ0n) is 12.7. The predicted molar refractivity (Wildman–Crippen MR) is 80.8 cm³/mol. The van der Waals surface area contributed by atoms with E-state index in [-0.39, 0.29) is 11.9 Å². The topological polar surface area (TPSA) is 44.1 Å². The van der Waals surface area contributed by atoms with E-state index in [1.54, 1.807) is 4.68 Å². The molecule has 0 N–H and O–H groups in total. The first kappa shape index (κ1) is 13.9. The third kappa shape index (κ3) is 2.71. The monoisotopic (exact) mass is 284 g/mol. The number of nitrogens with zero attached hydrogens (tertiary/aromatic N) is 2. The maximum Gasteiger partial charge on any atom is 0.315 e. The SMILES string of the molecule is CCc1cc(OC(=O)C2CC2)n(-c2cccc(C)c2C)n1. The molecule has 2 aromatic rings. The zero-order chi connectivity index (χ0) is 15.0. The first-order valence-electron chi connectivity index (χ1n) is 7.47. The molecule has 0 bridgehead atoms. The summed E-state index contributed by atoms with van der Waals surface area (Å²) >= 11 is 0. The molecule has 0 aliphatic heterocycles. The van der Waals surface area contributed by atoms with Crippen molar-refractivity contribution in [3.63, 3.8) is 0 Å². The van der Waals surface area contributed by atoms with Gasteiger partial charge in [-0.25, -0.2) is 4.68 Å². The van der Waals surface area contributed by atoms with Crippen LogP contribution < -0.4 is 4.74 Å². The number of carbonyl (C=O) groups is 1. The van der Waals surface area contributed by atoms with Gasteiger partial charge in [0, 0.05) is 6.07 Å². The van der Waals surface area contributed by atoms with Crippen LogP contribution in [0.4, 0.5) is 0 Å². The molecule has 110 valence electrons. The van der Waals surface area contributed by atoms with E-state index < -0.39 is 0 Å². The highest BCUT2D eigenvalue weighted by Gasteiger charge is 2.32. The summed E-state index contributed by atoms with van der Waals surface area (Å²) in [5.41, 5.74) is 4.23. The summed E-state index contributed by atoms with van der Waals surface area (Å²) in [6.07, 6.45) is 2.69. The number of carbonyl (C=O) groups excluding carboxylic acids is 1. The highest BCUT2D eigenvalue weighted by Crippen LogP contribution is 2.32. The number of rotatable bonds is 4. The van der Waals surface area contributed by atoms with E-state index in [0.29, 0.717) is 5.88 Å². The summed E-state index contributed by atoms with van der Waals surface area (Å²) in [4.78, 5) is 11.9. The highest BCUT2D eigenvalue weighted by atomic mass is 16.5. The van der Waals surface area contributed by atoms with Crippen LogP contribution >= 0.6 is 0 Å². The molecule has 0 radical (unpaired) electrons. The van der Waals surface area contributed by atoms with Gasteiger partial charge in [0.05, 0.1) is 17.3 Å². The minimum Gasteiger partial charge on any atom is -0.407 e. The predicted octanol–water partition coefficient (Wildman–Crippen LogP) is 3.37. The van der Waals surface area contributed by atoms with Crippen molar-refractivity contribution in [3.8, 4) is 11.6 Å². The molecule has 1 heterocycles. The minimum atomic E-state index is -0.135. The summed E-state index contributed by atoms with van der Waals surface area (Å²) in [5.74, 6) is 0.471. The Hall–Kier alpha value is -2.10. The van der Waals surface area contributed by atoms with Crippen molar-refractivity contribution < 1.29 is 9.53 Å². The van der Waals surface area contributed by atoms with Crippen molar-refractivity contribution >= 4 is 5.97 Å². The van der Waals surface area contributed by atoms with Gasteiger partial charge in [0.25, 0.3) is 0 Å². The fourth-order valence-corrected chi connectivity index (χ4v) is 2.30. The van der Waals surface area contributed by atoms with E-state index >= 15 is 0 Å². The molecule has 1 saturated carbocycles. The quantitative estimate of drug-likeness (QED) is 0.809. The van der Waals surface area contributed by atoms with Gasteiger partial charge in [0.15, 0.2) is 0 Å². The van der Waals surface area contributed by atoms with Crippen molar-refractivity contribution in [1.82, 2.24) is 9.78 Å². The smallest absolute Gasteiger partial charge is 0.315 e. The first-order chi connectivity index (χ1) is 10.1. The molecule has 21 heavy (non-hydrogen) atoms. The first-order valence-corrected chi connectivity index (χ1v) is 7.47. The summed E-state index contributed by atoms with van der Waals surface area (Å²) in [6.45, 7) is 6.17. The van der Waals surface area contributed by atoms with Gasteiger partial charge in [-0.3, -0.25) is 4.79 Å². The van der Waals surface area contributed by atoms with Crippen molar-refractivity contribution in [2.75, 3.05) is 0 Å². The largest absolute Gasteiger partial charge is 0.407 e. The minimum absolute atomic E-state index is 0.0806. The molecule has 4 nitrogen and oxygen atoms in total. The second-order valence-corrected chi connectivity index (χ2v) is 5.65. The van der Waals surface area contributed by atoms with Gasteiger partial charge in [0.2, 0.25) is 5.88 Å². The van der Waals surface area contributed by atoms with E-state index in [9.17, 15) is 4.79 Å². The molecule has 0 atom stereocenters. The van der Waals surface area contributed by atoms with Crippen molar-refractivity contribution in [2.24, 2.45) is 5.92 Å².